The van der Waals surface area contributed by atoms with E-state index in [4.69, 9.17) is 0 Å². The van der Waals surface area contributed by atoms with Crippen molar-refractivity contribution in [3.8, 4) is 0 Å². The van der Waals surface area contributed by atoms with Crippen LogP contribution in [0, 0.1) is 0 Å². The minimum Gasteiger partial charge on any atom is -0.336 e. The van der Waals surface area contributed by atoms with Gasteiger partial charge in [-0.2, -0.15) is 0 Å². The van der Waals surface area contributed by atoms with Crippen LogP contribution in [0.2, 0.25) is 0 Å². The Morgan fingerprint density at radius 2 is 2.14 bits per heavy atom. The quantitative estimate of drug-likeness (QED) is 0.807. The van der Waals surface area contributed by atoms with Crippen molar-refractivity contribution in [2.75, 3.05) is 26.2 Å². The predicted molar refractivity (Wildman–Crippen MR) is 85.8 cm³/mol. The number of aromatic nitrogens is 2. The van der Waals surface area contributed by atoms with Gasteiger partial charge in [-0.15, -0.1) is 0 Å². The first-order valence-corrected chi connectivity index (χ1v) is 8.17. The second-order valence-electron chi connectivity index (χ2n) is 6.50. The van der Waals surface area contributed by atoms with Crippen molar-refractivity contribution in [1.29, 1.82) is 0 Å². The molecule has 5 nitrogen and oxygen atoms in total. The lowest BCUT2D eigenvalue weighted by atomic mass is 9.99. The van der Waals surface area contributed by atoms with Crippen molar-refractivity contribution in [2.24, 2.45) is 7.05 Å². The number of hydrogen-bond acceptors (Lipinski definition) is 3. The minimum absolute atomic E-state index is 0.151. The fourth-order valence-electron chi connectivity index (χ4n) is 3.79. The second-order valence-corrected chi connectivity index (χ2v) is 6.50. The molecule has 0 aliphatic carbocycles. The van der Waals surface area contributed by atoms with E-state index in [1.165, 1.54) is 25.8 Å². The summed E-state index contributed by atoms with van der Waals surface area (Å²) >= 11 is 0. The number of hydrogen-bond donors (Lipinski definition) is 0. The molecule has 1 amide bonds. The Bertz CT molecular complexity index is 708. The standard InChI is InChI=1S/C17H22N4O/c1-19-12-18-15-10-13(5-6-16(15)19)17(22)21-9-8-20-7-3-2-4-14(20)11-21/h5-6,10,12,14H,2-4,7-9,11H2,1H3. The van der Waals surface area contributed by atoms with E-state index >= 15 is 0 Å². The first-order chi connectivity index (χ1) is 10.7. The van der Waals surface area contributed by atoms with E-state index in [-0.39, 0.29) is 5.91 Å². The number of piperazine rings is 1. The van der Waals surface area contributed by atoms with E-state index in [2.05, 4.69) is 9.88 Å². The second kappa shape index (κ2) is 5.39. The van der Waals surface area contributed by atoms with E-state index in [0.29, 0.717) is 6.04 Å². The van der Waals surface area contributed by atoms with Crippen LogP contribution in [-0.2, 0) is 7.05 Å². The highest BCUT2D eigenvalue weighted by Gasteiger charge is 2.31. The Kier molecular flexibility index (Phi) is 3.37. The maximum Gasteiger partial charge on any atom is 0.254 e. The zero-order chi connectivity index (χ0) is 15.1. The molecule has 2 saturated heterocycles. The Morgan fingerprint density at radius 1 is 1.23 bits per heavy atom. The van der Waals surface area contributed by atoms with Gasteiger partial charge in [-0.1, -0.05) is 6.42 Å². The lowest BCUT2D eigenvalue weighted by Crippen LogP contribution is -2.56. The lowest BCUT2D eigenvalue weighted by molar-refractivity contribution is 0.0372. The average molecular weight is 298 g/mol. The Balaban J connectivity index is 1.55. The summed E-state index contributed by atoms with van der Waals surface area (Å²) in [5.74, 6) is 0.151. The molecule has 2 fully saturated rings. The number of carbonyl (C=O) groups is 1. The predicted octanol–water partition coefficient (Wildman–Crippen LogP) is 1.88. The summed E-state index contributed by atoms with van der Waals surface area (Å²) in [5, 5.41) is 0. The zero-order valence-corrected chi connectivity index (χ0v) is 13.0. The van der Waals surface area contributed by atoms with Crippen LogP contribution in [0.5, 0.6) is 0 Å². The van der Waals surface area contributed by atoms with Crippen LogP contribution in [0.3, 0.4) is 0 Å². The van der Waals surface area contributed by atoms with Crippen molar-refractivity contribution in [2.45, 2.75) is 25.3 Å². The third-order valence-electron chi connectivity index (χ3n) is 5.10. The molecule has 22 heavy (non-hydrogen) atoms. The first kappa shape index (κ1) is 13.8. The van der Waals surface area contributed by atoms with Gasteiger partial charge in [0, 0.05) is 38.3 Å². The van der Waals surface area contributed by atoms with Crippen LogP contribution in [-0.4, -0.2) is 57.5 Å². The Labute approximate surface area is 130 Å². The van der Waals surface area contributed by atoms with Crippen LogP contribution >= 0.6 is 0 Å². The smallest absolute Gasteiger partial charge is 0.254 e. The molecular formula is C17H22N4O. The number of rotatable bonds is 1. The molecule has 3 heterocycles. The highest BCUT2D eigenvalue weighted by atomic mass is 16.2. The molecule has 2 aromatic rings. The van der Waals surface area contributed by atoms with Gasteiger partial charge >= 0.3 is 0 Å². The molecule has 2 aliphatic heterocycles. The number of nitrogens with zero attached hydrogens (tertiary/aromatic N) is 4. The molecule has 2 aliphatic rings. The van der Waals surface area contributed by atoms with Crippen LogP contribution in [0.1, 0.15) is 29.6 Å². The van der Waals surface area contributed by atoms with Gasteiger partial charge in [0.2, 0.25) is 0 Å². The molecule has 0 N–H and O–H groups in total. The SMILES string of the molecule is Cn1cnc2cc(C(=O)N3CCN4CCCCC4C3)ccc21. The highest BCUT2D eigenvalue weighted by Crippen LogP contribution is 2.23. The summed E-state index contributed by atoms with van der Waals surface area (Å²) in [5.41, 5.74) is 2.72. The summed E-state index contributed by atoms with van der Waals surface area (Å²) in [7, 11) is 1.97. The summed E-state index contributed by atoms with van der Waals surface area (Å²) in [6.07, 6.45) is 5.62. The third-order valence-corrected chi connectivity index (χ3v) is 5.10. The molecule has 0 saturated carbocycles. The maximum atomic E-state index is 12.8. The van der Waals surface area contributed by atoms with Gasteiger partial charge in [-0.25, -0.2) is 4.98 Å². The molecule has 1 atom stereocenters. The molecular weight excluding hydrogens is 276 g/mol. The highest BCUT2D eigenvalue weighted by molar-refractivity contribution is 5.97. The number of amides is 1. The average Bonchev–Trinajstić information content (AvgIpc) is 2.94. The van der Waals surface area contributed by atoms with Crippen LogP contribution in [0.25, 0.3) is 11.0 Å². The molecule has 1 aromatic carbocycles. The number of piperidine rings is 1. The van der Waals surface area contributed by atoms with Gasteiger partial charge in [0.15, 0.2) is 0 Å². The van der Waals surface area contributed by atoms with Gasteiger partial charge < -0.3 is 9.47 Å². The number of fused-ring (bicyclic) bond motifs is 2. The minimum atomic E-state index is 0.151. The van der Waals surface area contributed by atoms with Gasteiger partial charge in [0.25, 0.3) is 5.91 Å². The van der Waals surface area contributed by atoms with E-state index in [1.807, 2.05) is 34.7 Å². The summed E-state index contributed by atoms with van der Waals surface area (Å²) in [4.78, 5) is 21.7. The van der Waals surface area contributed by atoms with Crippen LogP contribution < -0.4 is 0 Å². The molecule has 4 rings (SSSR count). The lowest BCUT2D eigenvalue weighted by Gasteiger charge is -2.44. The van der Waals surface area contributed by atoms with Crippen molar-refractivity contribution in [3.63, 3.8) is 0 Å². The van der Waals surface area contributed by atoms with E-state index < -0.39 is 0 Å². The van der Waals surface area contributed by atoms with E-state index in [1.54, 1.807) is 6.33 Å². The summed E-state index contributed by atoms with van der Waals surface area (Å²) in [6.45, 7) is 3.93. The molecule has 0 radical (unpaired) electrons. The normalized spacial score (nSPS) is 22.8. The number of aryl methyl sites for hydroxylation is 1. The number of benzene rings is 1. The maximum absolute atomic E-state index is 12.8. The summed E-state index contributed by atoms with van der Waals surface area (Å²) in [6, 6.07) is 6.40. The molecule has 0 bridgehead atoms. The molecule has 1 aromatic heterocycles. The number of carbonyl (C=O) groups excluding carboxylic acids is 1. The molecule has 0 spiro atoms. The monoisotopic (exact) mass is 298 g/mol. The topological polar surface area (TPSA) is 41.4 Å². The molecule has 116 valence electrons. The van der Waals surface area contributed by atoms with E-state index in [0.717, 1.165) is 36.2 Å². The van der Waals surface area contributed by atoms with Gasteiger partial charge in [-0.3, -0.25) is 9.69 Å². The Morgan fingerprint density at radius 3 is 3.05 bits per heavy atom. The van der Waals surface area contributed by atoms with Gasteiger partial charge in [0.05, 0.1) is 17.4 Å². The van der Waals surface area contributed by atoms with Crippen LogP contribution in [0.4, 0.5) is 0 Å². The fourth-order valence-corrected chi connectivity index (χ4v) is 3.79. The van der Waals surface area contributed by atoms with Gasteiger partial charge in [-0.05, 0) is 37.6 Å². The third kappa shape index (κ3) is 2.29. The summed E-state index contributed by atoms with van der Waals surface area (Å²) < 4.78 is 1.98. The van der Waals surface area contributed by atoms with Crippen molar-refractivity contribution < 1.29 is 4.79 Å². The number of imidazole rings is 1. The Hall–Kier alpha value is -1.88. The molecule has 5 heteroatoms. The fraction of sp³-hybridized carbons (Fsp3) is 0.529. The van der Waals surface area contributed by atoms with E-state index in [9.17, 15) is 4.79 Å². The van der Waals surface area contributed by atoms with Crippen molar-refractivity contribution in [3.05, 3.63) is 30.1 Å². The zero-order valence-electron chi connectivity index (χ0n) is 13.0. The first-order valence-electron chi connectivity index (χ1n) is 8.17. The van der Waals surface area contributed by atoms with Gasteiger partial charge in [0.1, 0.15) is 0 Å². The van der Waals surface area contributed by atoms with Crippen molar-refractivity contribution in [1.82, 2.24) is 19.4 Å². The van der Waals surface area contributed by atoms with Crippen molar-refractivity contribution >= 4 is 16.9 Å². The largest absolute Gasteiger partial charge is 0.336 e. The molecule has 1 unspecified atom stereocenters. The van der Waals surface area contributed by atoms with Crippen LogP contribution in [0.15, 0.2) is 24.5 Å².